The Labute approximate surface area is 528 Å². The molecule has 87 heavy (non-hydrogen) atoms. The van der Waals surface area contributed by atoms with E-state index in [1.54, 1.807) is 6.92 Å². The van der Waals surface area contributed by atoms with E-state index in [1.165, 1.54) is 20.8 Å². The van der Waals surface area contributed by atoms with Crippen molar-refractivity contribution in [3.05, 3.63) is 11.6 Å². The van der Waals surface area contributed by atoms with Gasteiger partial charge in [0.05, 0.1) is 49.3 Å². The first-order valence-electron chi connectivity index (χ1n) is 30.3. The predicted octanol–water partition coefficient (Wildman–Crippen LogP) is -5.77. The Morgan fingerprint density at radius 2 is 1.20 bits per heavy atom. The summed E-state index contributed by atoms with van der Waals surface area (Å²) in [4.78, 5) is 13.5. The molecule has 34 atom stereocenters. The van der Waals surface area contributed by atoms with Crippen molar-refractivity contribution in [2.24, 2.45) is 46.3 Å². The predicted molar refractivity (Wildman–Crippen MR) is 288 cm³/mol. The number of aliphatic hydroxyl groups is 13. The quantitative estimate of drug-likeness (QED) is 0.0263. The minimum atomic E-state index is -5.14. The molecule has 5 saturated heterocycles. The number of aliphatic hydroxyl groups excluding tert-OH is 12. The summed E-state index contributed by atoms with van der Waals surface area (Å²) in [5, 5.41) is 145. The summed E-state index contributed by atoms with van der Waals surface area (Å²) >= 11 is 0. The van der Waals surface area contributed by atoms with E-state index in [-0.39, 0.29) is 84.2 Å². The first-order chi connectivity index (χ1) is 40.1. The zero-order valence-corrected chi connectivity index (χ0v) is 53.8. The Kier molecular flexibility index (Phi) is 23.2. The van der Waals surface area contributed by atoms with E-state index in [0.717, 1.165) is 5.57 Å². The molecule has 28 nitrogen and oxygen atoms in total. The smallest absolute Gasteiger partial charge is 0.726 e. The fourth-order valence-corrected chi connectivity index (χ4v) is 16.2. The molecule has 3 saturated carbocycles. The molecule has 27 unspecified atom stereocenters. The number of ketones is 1. The van der Waals surface area contributed by atoms with Crippen LogP contribution in [0.5, 0.6) is 0 Å². The summed E-state index contributed by atoms with van der Waals surface area (Å²) in [7, 11) is -5.14. The molecular weight excluding hydrogens is 1190 g/mol. The minimum Gasteiger partial charge on any atom is -0.726 e. The molecule has 9 rings (SSSR count). The maximum Gasteiger partial charge on any atom is 1.00 e. The third-order valence-corrected chi connectivity index (χ3v) is 21.6. The van der Waals surface area contributed by atoms with Crippen LogP contribution in [0.3, 0.4) is 0 Å². The fourth-order valence-electron chi connectivity index (χ4n) is 15.7. The molecule has 0 aromatic carbocycles. The number of fused-ring (bicyclic) bond motifs is 5. The average molecular weight is 1280 g/mol. The molecule has 496 valence electrons. The standard InChI is InChI=1S/C57H94O28S.Na/c1-21(2)22(3)31(59)18-57(9,71)35-11-10-28-27-17-32(30-16-26(85-86(72,73)74)12-14-55(30,7)29(27)13-15-56(28,35)8)79-52-46(70)47(38(62)25(6)78-52)82-53-48(83-50-44(68)41(65)36(60)23(4)76-50)40(64)34(20-75-53)81-54-49(43(67)39(63)33(19-58)80-54)84-51-45(69)42(66)37(61)24(5)77-51;/h13,21-28,30,32-54,58,60-71H,10-12,14-20H2,1-9H3,(H,72,73,74);/q;+1/p-1/t22-,23?,24?,25?,26+,27?,28?,30?,32+,33?,34?,35+,36?,37?,38?,39?,40?,41?,42?,43?,44?,45?,46?,47?,48?,49?,50?,51?,52?,53?,54?,55-,56+,57+;/m1./s1. The molecule has 0 radical (unpaired) electrons. The second-order valence-corrected chi connectivity index (χ2v) is 28.0. The minimum absolute atomic E-state index is 0. The van der Waals surface area contributed by atoms with Gasteiger partial charge in [-0.1, -0.05) is 46.3 Å². The Balaban J connectivity index is 0.00000982. The normalized spacial score (nSPS) is 50.6. The molecule has 0 aromatic rings. The van der Waals surface area contributed by atoms with Gasteiger partial charge in [-0.15, -0.1) is 0 Å². The topological polar surface area (TPSA) is 439 Å². The number of carbonyl (C=O) groups excluding carboxylic acids is 1. The van der Waals surface area contributed by atoms with E-state index in [9.17, 15) is 84.1 Å². The number of Topliss-reactive ketones (excluding diaryl/α,β-unsaturated/α-hetero) is 1. The maximum absolute atomic E-state index is 13.5. The summed E-state index contributed by atoms with van der Waals surface area (Å²) in [5.41, 5.74) is -1.35. The van der Waals surface area contributed by atoms with Gasteiger partial charge in [0, 0.05) is 12.3 Å². The molecule has 0 amide bonds. The molecule has 9 aliphatic rings. The van der Waals surface area contributed by atoms with Gasteiger partial charge < -0.3 is 118 Å². The van der Waals surface area contributed by atoms with Gasteiger partial charge in [-0.3, -0.25) is 8.98 Å². The zero-order valence-electron chi connectivity index (χ0n) is 51.0. The number of rotatable bonds is 18. The molecule has 13 N–H and O–H groups in total. The van der Waals surface area contributed by atoms with Crippen molar-refractivity contribution in [1.82, 2.24) is 0 Å². The second kappa shape index (κ2) is 28.0. The number of hydrogen-bond donors (Lipinski definition) is 13. The van der Waals surface area contributed by atoms with Crippen LogP contribution in [0.2, 0.25) is 0 Å². The van der Waals surface area contributed by atoms with Crippen molar-refractivity contribution >= 4 is 16.2 Å². The fraction of sp³-hybridized carbons (Fsp3) is 0.947. The molecular formula is C57H93NaO28S. The van der Waals surface area contributed by atoms with Crippen molar-refractivity contribution in [3.63, 3.8) is 0 Å². The Hall–Kier alpha value is -0.640. The molecule has 5 aliphatic heterocycles. The zero-order chi connectivity index (χ0) is 63.2. The molecule has 5 heterocycles. The van der Waals surface area contributed by atoms with E-state index in [1.807, 2.05) is 20.8 Å². The van der Waals surface area contributed by atoms with Gasteiger partial charge in [0.2, 0.25) is 10.4 Å². The van der Waals surface area contributed by atoms with Crippen LogP contribution in [0.4, 0.5) is 0 Å². The van der Waals surface area contributed by atoms with E-state index in [4.69, 9.17) is 51.6 Å². The Morgan fingerprint density at radius 3 is 1.76 bits per heavy atom. The van der Waals surface area contributed by atoms with Gasteiger partial charge >= 0.3 is 29.6 Å². The van der Waals surface area contributed by atoms with Crippen LogP contribution in [0, 0.1) is 46.3 Å². The largest absolute Gasteiger partial charge is 1.00 e. The average Bonchev–Trinajstić information content (AvgIpc) is 1.80. The van der Waals surface area contributed by atoms with Gasteiger partial charge in [0.1, 0.15) is 103 Å². The van der Waals surface area contributed by atoms with E-state index >= 15 is 0 Å². The summed E-state index contributed by atoms with van der Waals surface area (Å²) in [6, 6.07) is 0. The molecule has 0 aromatic heterocycles. The van der Waals surface area contributed by atoms with Gasteiger partial charge in [-0.25, -0.2) is 8.42 Å². The van der Waals surface area contributed by atoms with Gasteiger partial charge in [0.25, 0.3) is 0 Å². The molecule has 4 aliphatic carbocycles. The number of hydrogen-bond acceptors (Lipinski definition) is 28. The van der Waals surface area contributed by atoms with Crippen LogP contribution in [0.1, 0.15) is 114 Å². The maximum atomic E-state index is 13.5. The van der Waals surface area contributed by atoms with Crippen LogP contribution in [-0.2, 0) is 66.7 Å². The van der Waals surface area contributed by atoms with Crippen molar-refractivity contribution in [2.75, 3.05) is 13.2 Å². The molecule has 30 heteroatoms. The van der Waals surface area contributed by atoms with E-state index in [2.05, 4.69) is 19.9 Å². The van der Waals surface area contributed by atoms with Crippen LogP contribution in [-0.4, -0.2) is 264 Å². The molecule has 0 spiro atoms. The summed E-state index contributed by atoms with van der Waals surface area (Å²) in [5.74, 6) is -1.17. The summed E-state index contributed by atoms with van der Waals surface area (Å²) < 4.78 is 102. The van der Waals surface area contributed by atoms with Crippen LogP contribution in [0.25, 0.3) is 0 Å². The SMILES string of the molecule is CC1OC(OC2C(OC3C(O)C(C)OC(O[C@H]4CC5C(=CC[C@@]6(C)C5CC[C@@H]6[C@@](C)(O)CC(=O)[C@H](C)C(C)C)[C@@]5(C)CC[C@H](OS(=O)(=O)[O-])CC45)C3O)OCC(OC3OC(CO)C(O)C(O)C3OC3OC(C)C(O)C(O)C3O)C2O)C(O)C(O)C1O.[Na+]. The van der Waals surface area contributed by atoms with Crippen molar-refractivity contribution in [3.8, 4) is 0 Å². The Bertz CT molecular complexity index is 2460. The van der Waals surface area contributed by atoms with Crippen molar-refractivity contribution in [1.29, 1.82) is 0 Å². The number of allylic oxidation sites excluding steroid dienone is 2. The second-order valence-electron chi connectivity index (χ2n) is 27.0. The monoisotopic (exact) mass is 1280 g/mol. The van der Waals surface area contributed by atoms with Crippen LogP contribution in [0.15, 0.2) is 11.6 Å². The summed E-state index contributed by atoms with van der Waals surface area (Å²) in [6.07, 6.45) is -37.9. The van der Waals surface area contributed by atoms with Crippen LogP contribution >= 0.6 is 0 Å². The number of carbonyl (C=O) groups is 1. The van der Waals surface area contributed by atoms with Crippen molar-refractivity contribution < 1.29 is 165 Å². The third-order valence-electron chi connectivity index (χ3n) is 21.1. The van der Waals surface area contributed by atoms with Crippen molar-refractivity contribution in [2.45, 2.75) is 279 Å². The summed E-state index contributed by atoms with van der Waals surface area (Å²) in [6.45, 7) is 14.4. The van der Waals surface area contributed by atoms with Crippen LogP contribution < -0.4 is 29.6 Å². The first kappa shape index (κ1) is 72.2. The Morgan fingerprint density at radius 1 is 0.655 bits per heavy atom. The molecule has 8 fully saturated rings. The molecule has 0 bridgehead atoms. The van der Waals surface area contributed by atoms with Gasteiger partial charge in [0.15, 0.2) is 31.5 Å². The number of ether oxygens (including phenoxy) is 10. The third kappa shape index (κ3) is 14.3. The first-order valence-corrected chi connectivity index (χ1v) is 31.7. The van der Waals surface area contributed by atoms with Gasteiger partial charge in [-0.05, 0) is 113 Å². The van der Waals surface area contributed by atoms with E-state index < -0.39 is 206 Å². The van der Waals surface area contributed by atoms with E-state index in [0.29, 0.717) is 32.1 Å². The van der Waals surface area contributed by atoms with Gasteiger partial charge in [-0.2, -0.15) is 0 Å².